The molecule has 0 aliphatic rings. The molecular formula is C14H27N3O3S. The number of sulfonamides is 1. The van der Waals surface area contributed by atoms with E-state index in [2.05, 4.69) is 5.32 Å². The second-order valence-corrected chi connectivity index (χ2v) is 7.13. The van der Waals surface area contributed by atoms with Gasteiger partial charge in [-0.15, -0.1) is 0 Å². The van der Waals surface area contributed by atoms with Gasteiger partial charge in [-0.1, -0.05) is 6.92 Å². The number of likely N-dealkylation sites (N-methyl/N-ethyl adjacent to an activating group) is 1. The van der Waals surface area contributed by atoms with E-state index in [1.54, 1.807) is 19.4 Å². The van der Waals surface area contributed by atoms with Gasteiger partial charge in [0.15, 0.2) is 0 Å². The van der Waals surface area contributed by atoms with Crippen LogP contribution in [0.3, 0.4) is 0 Å². The van der Waals surface area contributed by atoms with Gasteiger partial charge in [-0.05, 0) is 27.0 Å². The number of rotatable bonds is 9. The first-order valence-corrected chi connectivity index (χ1v) is 8.66. The molecule has 0 aliphatic heterocycles. The van der Waals surface area contributed by atoms with Crippen molar-refractivity contribution in [3.05, 3.63) is 18.0 Å². The van der Waals surface area contributed by atoms with Crippen molar-refractivity contribution in [1.29, 1.82) is 0 Å². The zero-order valence-electron chi connectivity index (χ0n) is 13.6. The van der Waals surface area contributed by atoms with Crippen molar-refractivity contribution < 1.29 is 13.2 Å². The lowest BCUT2D eigenvalue weighted by atomic mass is 10.3. The smallest absolute Gasteiger partial charge is 0.244 e. The molecule has 0 saturated carbocycles. The molecule has 0 fully saturated rings. The van der Waals surface area contributed by atoms with Crippen LogP contribution in [0.4, 0.5) is 0 Å². The maximum absolute atomic E-state index is 12.7. The van der Waals surface area contributed by atoms with Crippen LogP contribution >= 0.6 is 0 Å². The SMILES string of the molecule is CCN(CCOC)S(=O)(=O)c1cc(CNC)n(C(C)C)c1. The molecular weight excluding hydrogens is 290 g/mol. The quantitative estimate of drug-likeness (QED) is 0.749. The Labute approximate surface area is 128 Å². The van der Waals surface area contributed by atoms with Crippen LogP contribution in [-0.2, 0) is 21.3 Å². The number of nitrogens with zero attached hydrogens (tertiary/aromatic N) is 2. The van der Waals surface area contributed by atoms with E-state index in [1.165, 1.54) is 4.31 Å². The number of aromatic nitrogens is 1. The molecule has 0 amide bonds. The monoisotopic (exact) mass is 317 g/mol. The average Bonchev–Trinajstić information content (AvgIpc) is 2.85. The van der Waals surface area contributed by atoms with Crippen LogP contribution in [0.2, 0.25) is 0 Å². The minimum atomic E-state index is -3.47. The van der Waals surface area contributed by atoms with Crippen LogP contribution in [-0.4, -0.2) is 51.1 Å². The maximum atomic E-state index is 12.7. The second kappa shape index (κ2) is 7.93. The lowest BCUT2D eigenvalue weighted by Crippen LogP contribution is -2.33. The summed E-state index contributed by atoms with van der Waals surface area (Å²) in [5, 5.41) is 3.07. The largest absolute Gasteiger partial charge is 0.383 e. The zero-order valence-corrected chi connectivity index (χ0v) is 14.4. The molecule has 1 heterocycles. The van der Waals surface area contributed by atoms with E-state index in [1.807, 2.05) is 32.4 Å². The van der Waals surface area contributed by atoms with Gasteiger partial charge in [0.1, 0.15) is 4.90 Å². The van der Waals surface area contributed by atoms with Gasteiger partial charge in [-0.2, -0.15) is 4.31 Å². The Hall–Kier alpha value is -0.890. The molecule has 0 radical (unpaired) electrons. The van der Waals surface area contributed by atoms with Gasteiger partial charge in [0.25, 0.3) is 0 Å². The van der Waals surface area contributed by atoms with Crippen LogP contribution in [0.1, 0.15) is 32.5 Å². The van der Waals surface area contributed by atoms with E-state index in [9.17, 15) is 8.42 Å². The number of methoxy groups -OCH3 is 1. The first kappa shape index (κ1) is 18.2. The molecule has 0 atom stereocenters. The molecule has 122 valence electrons. The highest BCUT2D eigenvalue weighted by Crippen LogP contribution is 2.22. The van der Waals surface area contributed by atoms with E-state index >= 15 is 0 Å². The van der Waals surface area contributed by atoms with Crippen molar-refractivity contribution in [1.82, 2.24) is 14.2 Å². The molecule has 0 saturated heterocycles. The van der Waals surface area contributed by atoms with Gasteiger partial charge in [0, 0.05) is 44.7 Å². The predicted octanol–water partition coefficient (Wildman–Crippen LogP) is 1.45. The Morgan fingerprint density at radius 2 is 2.10 bits per heavy atom. The van der Waals surface area contributed by atoms with Gasteiger partial charge in [0.05, 0.1) is 6.61 Å². The molecule has 0 spiro atoms. The van der Waals surface area contributed by atoms with Crippen molar-refractivity contribution in [3.8, 4) is 0 Å². The summed E-state index contributed by atoms with van der Waals surface area (Å²) in [7, 11) is -0.0520. The molecule has 1 rings (SSSR count). The average molecular weight is 317 g/mol. The molecule has 1 aromatic heterocycles. The fraction of sp³-hybridized carbons (Fsp3) is 0.714. The second-order valence-electron chi connectivity index (χ2n) is 5.19. The van der Waals surface area contributed by atoms with E-state index in [0.29, 0.717) is 31.1 Å². The number of nitrogens with one attached hydrogen (secondary N) is 1. The molecule has 0 unspecified atom stereocenters. The third kappa shape index (κ3) is 4.29. The molecule has 21 heavy (non-hydrogen) atoms. The third-order valence-electron chi connectivity index (χ3n) is 3.36. The fourth-order valence-electron chi connectivity index (χ4n) is 2.23. The summed E-state index contributed by atoms with van der Waals surface area (Å²) in [5.74, 6) is 0. The van der Waals surface area contributed by atoms with Crippen molar-refractivity contribution in [2.75, 3.05) is 33.9 Å². The molecule has 6 nitrogen and oxygen atoms in total. The standard InChI is InChI=1S/C14H27N3O3S/c1-6-16(7-8-20-5)21(18,19)14-9-13(10-15-4)17(11-14)12(2)3/h9,11-12,15H,6-8,10H2,1-5H3. The Morgan fingerprint density at radius 3 is 2.57 bits per heavy atom. The van der Waals surface area contributed by atoms with E-state index in [0.717, 1.165) is 5.69 Å². The van der Waals surface area contributed by atoms with Crippen molar-refractivity contribution in [2.45, 2.75) is 38.3 Å². The number of hydrogen-bond donors (Lipinski definition) is 1. The number of hydrogen-bond acceptors (Lipinski definition) is 4. The van der Waals surface area contributed by atoms with Gasteiger partial charge in [0.2, 0.25) is 10.0 Å². The van der Waals surface area contributed by atoms with Crippen LogP contribution < -0.4 is 5.32 Å². The highest BCUT2D eigenvalue weighted by molar-refractivity contribution is 7.89. The van der Waals surface area contributed by atoms with Crippen molar-refractivity contribution in [2.24, 2.45) is 0 Å². The zero-order chi connectivity index (χ0) is 16.0. The Bertz CT molecular complexity index is 538. The molecule has 0 bridgehead atoms. The fourth-order valence-corrected chi connectivity index (χ4v) is 3.72. The highest BCUT2D eigenvalue weighted by Gasteiger charge is 2.25. The molecule has 0 aliphatic carbocycles. The van der Waals surface area contributed by atoms with Crippen LogP contribution in [0.15, 0.2) is 17.2 Å². The predicted molar refractivity (Wildman–Crippen MR) is 83.9 cm³/mol. The Morgan fingerprint density at radius 1 is 1.43 bits per heavy atom. The topological polar surface area (TPSA) is 63.6 Å². The first-order valence-electron chi connectivity index (χ1n) is 7.22. The summed E-state index contributed by atoms with van der Waals surface area (Å²) >= 11 is 0. The summed E-state index contributed by atoms with van der Waals surface area (Å²) in [4.78, 5) is 0.347. The summed E-state index contributed by atoms with van der Waals surface area (Å²) in [6.45, 7) is 7.74. The molecule has 1 aromatic rings. The maximum Gasteiger partial charge on any atom is 0.244 e. The third-order valence-corrected chi connectivity index (χ3v) is 5.30. The first-order chi connectivity index (χ1) is 9.88. The van der Waals surface area contributed by atoms with E-state index in [-0.39, 0.29) is 6.04 Å². The van der Waals surface area contributed by atoms with Gasteiger partial charge in [-0.3, -0.25) is 0 Å². The van der Waals surface area contributed by atoms with E-state index < -0.39 is 10.0 Å². The Kier molecular flexibility index (Phi) is 6.86. The summed E-state index contributed by atoms with van der Waals surface area (Å²) in [5.41, 5.74) is 0.967. The highest BCUT2D eigenvalue weighted by atomic mass is 32.2. The minimum absolute atomic E-state index is 0.214. The van der Waals surface area contributed by atoms with E-state index in [4.69, 9.17) is 4.74 Å². The molecule has 1 N–H and O–H groups in total. The van der Waals surface area contributed by atoms with Crippen LogP contribution in [0.5, 0.6) is 0 Å². The van der Waals surface area contributed by atoms with Crippen molar-refractivity contribution >= 4 is 10.0 Å². The Balaban J connectivity index is 3.15. The molecule has 7 heteroatoms. The molecule has 0 aromatic carbocycles. The van der Waals surface area contributed by atoms with Crippen LogP contribution in [0.25, 0.3) is 0 Å². The van der Waals surface area contributed by atoms with Gasteiger partial charge < -0.3 is 14.6 Å². The lowest BCUT2D eigenvalue weighted by Gasteiger charge is -2.19. The minimum Gasteiger partial charge on any atom is -0.383 e. The normalized spacial score (nSPS) is 12.5. The summed E-state index contributed by atoms with van der Waals surface area (Å²) < 4.78 is 33.8. The number of ether oxygens (including phenoxy) is 1. The summed E-state index contributed by atoms with van der Waals surface area (Å²) in [6.07, 6.45) is 1.72. The van der Waals surface area contributed by atoms with Crippen molar-refractivity contribution in [3.63, 3.8) is 0 Å². The lowest BCUT2D eigenvalue weighted by molar-refractivity contribution is 0.180. The summed E-state index contributed by atoms with van der Waals surface area (Å²) in [6, 6.07) is 1.97. The van der Waals surface area contributed by atoms with Gasteiger partial charge >= 0.3 is 0 Å². The van der Waals surface area contributed by atoms with Crippen LogP contribution in [0, 0.1) is 0 Å². The van der Waals surface area contributed by atoms with Gasteiger partial charge in [-0.25, -0.2) is 8.42 Å².